The Morgan fingerprint density at radius 2 is 1.67 bits per heavy atom. The third-order valence-corrected chi connectivity index (χ3v) is 2.02. The molecule has 0 saturated carbocycles. The van der Waals surface area contributed by atoms with Gasteiger partial charge in [0.1, 0.15) is 0 Å². The lowest BCUT2D eigenvalue weighted by Gasteiger charge is -2.17. The highest BCUT2D eigenvalue weighted by Crippen LogP contribution is 2.14. The first-order chi connectivity index (χ1) is 6.97. The number of methoxy groups -OCH3 is 1. The van der Waals surface area contributed by atoms with Crippen LogP contribution in [0.1, 0.15) is 34.1 Å². The first kappa shape index (κ1) is 14.4. The lowest BCUT2D eigenvalue weighted by Crippen LogP contribution is -2.25. The molecule has 90 valence electrons. The first-order valence-electron chi connectivity index (χ1n) is 5.62. The van der Waals surface area contributed by atoms with Gasteiger partial charge in [-0.25, -0.2) is 0 Å². The van der Waals surface area contributed by atoms with Crippen molar-refractivity contribution in [2.24, 2.45) is 17.8 Å². The summed E-state index contributed by atoms with van der Waals surface area (Å²) in [6.07, 6.45) is 0.824. The molecule has 0 rings (SSSR count). The van der Waals surface area contributed by atoms with Crippen LogP contribution in [0.2, 0.25) is 0 Å². The minimum absolute atomic E-state index is 0.117. The van der Waals surface area contributed by atoms with E-state index in [0.29, 0.717) is 25.0 Å². The molecule has 0 radical (unpaired) electrons. The van der Waals surface area contributed by atoms with E-state index in [4.69, 9.17) is 9.47 Å². The van der Waals surface area contributed by atoms with Gasteiger partial charge in [0.2, 0.25) is 0 Å². The predicted octanol–water partition coefficient (Wildman–Crippen LogP) is 2.49. The second-order valence-electron chi connectivity index (χ2n) is 4.81. The van der Waals surface area contributed by atoms with Crippen molar-refractivity contribution in [2.75, 3.05) is 20.3 Å². The lowest BCUT2D eigenvalue weighted by atomic mass is 9.98. The van der Waals surface area contributed by atoms with Gasteiger partial charge in [-0.3, -0.25) is 4.79 Å². The molecule has 0 N–H and O–H groups in total. The van der Waals surface area contributed by atoms with Crippen molar-refractivity contribution in [3.8, 4) is 0 Å². The Bertz CT molecular complexity index is 176. The van der Waals surface area contributed by atoms with Gasteiger partial charge in [0, 0.05) is 7.11 Å². The van der Waals surface area contributed by atoms with Gasteiger partial charge >= 0.3 is 5.97 Å². The number of esters is 1. The highest BCUT2D eigenvalue weighted by molar-refractivity contribution is 5.72. The summed E-state index contributed by atoms with van der Waals surface area (Å²) >= 11 is 0. The molecule has 0 aromatic carbocycles. The van der Waals surface area contributed by atoms with Gasteiger partial charge in [0.25, 0.3) is 0 Å². The van der Waals surface area contributed by atoms with Crippen LogP contribution in [-0.4, -0.2) is 26.3 Å². The number of ether oxygens (including phenoxy) is 2. The molecule has 0 aliphatic heterocycles. The largest absolute Gasteiger partial charge is 0.465 e. The molecule has 1 atom stereocenters. The molecule has 3 nitrogen and oxygen atoms in total. The van der Waals surface area contributed by atoms with Gasteiger partial charge in [-0.2, -0.15) is 0 Å². The second-order valence-corrected chi connectivity index (χ2v) is 4.81. The Hall–Kier alpha value is -0.570. The zero-order chi connectivity index (χ0) is 11.8. The van der Waals surface area contributed by atoms with Crippen molar-refractivity contribution in [3.63, 3.8) is 0 Å². The standard InChI is InChI=1S/C12H24O3/c1-9(2)6-11(8-14-5)12(13)15-7-10(3)4/h9-11H,6-8H2,1-5H3. The molecule has 0 fully saturated rings. The van der Waals surface area contributed by atoms with E-state index in [9.17, 15) is 4.79 Å². The second kappa shape index (κ2) is 7.69. The Balaban J connectivity index is 4.04. The SMILES string of the molecule is COCC(CC(C)C)C(=O)OCC(C)C. The van der Waals surface area contributed by atoms with E-state index in [1.807, 2.05) is 13.8 Å². The molecule has 15 heavy (non-hydrogen) atoms. The monoisotopic (exact) mass is 216 g/mol. The molecule has 0 spiro atoms. The average Bonchev–Trinajstić information content (AvgIpc) is 2.12. The number of carbonyl (C=O) groups excluding carboxylic acids is 1. The molecule has 0 amide bonds. The fourth-order valence-electron chi connectivity index (χ4n) is 1.37. The Morgan fingerprint density at radius 1 is 1.07 bits per heavy atom. The molecule has 0 aromatic heterocycles. The van der Waals surface area contributed by atoms with Gasteiger partial charge in [0.15, 0.2) is 0 Å². The van der Waals surface area contributed by atoms with E-state index in [1.165, 1.54) is 0 Å². The Morgan fingerprint density at radius 3 is 2.07 bits per heavy atom. The highest BCUT2D eigenvalue weighted by Gasteiger charge is 2.21. The quantitative estimate of drug-likeness (QED) is 0.613. The number of carbonyl (C=O) groups is 1. The van der Waals surface area contributed by atoms with E-state index in [1.54, 1.807) is 7.11 Å². The molecular formula is C12H24O3. The number of rotatable bonds is 7. The summed E-state index contributed by atoms with van der Waals surface area (Å²) in [4.78, 5) is 11.7. The average molecular weight is 216 g/mol. The van der Waals surface area contributed by atoms with Crippen molar-refractivity contribution >= 4 is 5.97 Å². The third kappa shape index (κ3) is 7.37. The minimum atomic E-state index is -0.126. The Kier molecular flexibility index (Phi) is 7.39. The van der Waals surface area contributed by atoms with E-state index in [2.05, 4.69) is 13.8 Å². The van der Waals surface area contributed by atoms with Crippen molar-refractivity contribution < 1.29 is 14.3 Å². The van der Waals surface area contributed by atoms with E-state index in [0.717, 1.165) is 6.42 Å². The summed E-state index contributed by atoms with van der Waals surface area (Å²) in [7, 11) is 1.61. The van der Waals surface area contributed by atoms with E-state index in [-0.39, 0.29) is 11.9 Å². The first-order valence-corrected chi connectivity index (χ1v) is 5.62. The fourth-order valence-corrected chi connectivity index (χ4v) is 1.37. The predicted molar refractivity (Wildman–Crippen MR) is 60.6 cm³/mol. The minimum Gasteiger partial charge on any atom is -0.465 e. The molecular weight excluding hydrogens is 192 g/mol. The summed E-state index contributed by atoms with van der Waals surface area (Å²) in [5.41, 5.74) is 0. The highest BCUT2D eigenvalue weighted by atomic mass is 16.5. The van der Waals surface area contributed by atoms with Gasteiger partial charge in [-0.15, -0.1) is 0 Å². The van der Waals surface area contributed by atoms with Crippen LogP contribution in [0.3, 0.4) is 0 Å². The molecule has 0 saturated heterocycles. The van der Waals surface area contributed by atoms with Crippen LogP contribution < -0.4 is 0 Å². The van der Waals surface area contributed by atoms with Crippen molar-refractivity contribution in [1.82, 2.24) is 0 Å². The van der Waals surface area contributed by atoms with Gasteiger partial charge in [0.05, 0.1) is 19.1 Å². The topological polar surface area (TPSA) is 35.5 Å². The van der Waals surface area contributed by atoms with Crippen LogP contribution in [0.25, 0.3) is 0 Å². The van der Waals surface area contributed by atoms with Crippen LogP contribution in [-0.2, 0) is 14.3 Å². The molecule has 3 heteroatoms. The van der Waals surface area contributed by atoms with Crippen molar-refractivity contribution in [3.05, 3.63) is 0 Å². The zero-order valence-electron chi connectivity index (χ0n) is 10.6. The van der Waals surface area contributed by atoms with Crippen molar-refractivity contribution in [2.45, 2.75) is 34.1 Å². The zero-order valence-corrected chi connectivity index (χ0v) is 10.6. The maximum atomic E-state index is 11.7. The molecule has 0 heterocycles. The molecule has 0 aliphatic rings. The van der Waals surface area contributed by atoms with Crippen molar-refractivity contribution in [1.29, 1.82) is 0 Å². The summed E-state index contributed by atoms with van der Waals surface area (Å²) < 4.78 is 10.2. The number of hydrogen-bond donors (Lipinski definition) is 0. The molecule has 0 bridgehead atoms. The smallest absolute Gasteiger partial charge is 0.311 e. The van der Waals surface area contributed by atoms with Crippen LogP contribution in [0.4, 0.5) is 0 Å². The van der Waals surface area contributed by atoms with Crippen LogP contribution in [0, 0.1) is 17.8 Å². The summed E-state index contributed by atoms with van der Waals surface area (Å²) in [6, 6.07) is 0. The maximum Gasteiger partial charge on any atom is 0.311 e. The van der Waals surface area contributed by atoms with Crippen LogP contribution >= 0.6 is 0 Å². The molecule has 1 unspecified atom stereocenters. The Labute approximate surface area is 93.1 Å². The third-order valence-electron chi connectivity index (χ3n) is 2.02. The van der Waals surface area contributed by atoms with E-state index < -0.39 is 0 Å². The summed E-state index contributed by atoms with van der Waals surface area (Å²) in [5, 5.41) is 0. The fraction of sp³-hybridized carbons (Fsp3) is 0.917. The van der Waals surface area contributed by atoms with E-state index >= 15 is 0 Å². The summed E-state index contributed by atoms with van der Waals surface area (Å²) in [5.74, 6) is 0.626. The van der Waals surface area contributed by atoms with Gasteiger partial charge < -0.3 is 9.47 Å². The lowest BCUT2D eigenvalue weighted by molar-refractivity contribution is -0.152. The van der Waals surface area contributed by atoms with Gasteiger partial charge in [-0.1, -0.05) is 27.7 Å². The molecule has 0 aliphatic carbocycles. The van der Waals surface area contributed by atoms with Gasteiger partial charge in [-0.05, 0) is 18.3 Å². The molecule has 0 aromatic rings. The maximum absolute atomic E-state index is 11.7. The number of hydrogen-bond acceptors (Lipinski definition) is 3. The van der Waals surface area contributed by atoms with Crippen LogP contribution in [0.5, 0.6) is 0 Å². The van der Waals surface area contributed by atoms with Crippen LogP contribution in [0.15, 0.2) is 0 Å². The normalized spacial score (nSPS) is 13.3. The summed E-state index contributed by atoms with van der Waals surface area (Å²) in [6.45, 7) is 9.20.